The summed E-state index contributed by atoms with van der Waals surface area (Å²) in [5.74, 6) is 1.24. The fourth-order valence-corrected chi connectivity index (χ4v) is 4.58. The van der Waals surface area contributed by atoms with Crippen molar-refractivity contribution in [2.75, 3.05) is 19.5 Å². The van der Waals surface area contributed by atoms with Crippen LogP contribution in [0.1, 0.15) is 50.3 Å². The molecular weight excluding hydrogens is 462 g/mol. The maximum Gasteiger partial charge on any atom is 0.309 e. The molecule has 0 fully saturated rings. The van der Waals surface area contributed by atoms with Gasteiger partial charge in [0, 0.05) is 21.8 Å². The van der Waals surface area contributed by atoms with E-state index in [2.05, 4.69) is 9.89 Å². The summed E-state index contributed by atoms with van der Waals surface area (Å²) in [4.78, 5) is 12.4. The average Bonchev–Trinajstić information content (AvgIpc) is 2.78. The van der Waals surface area contributed by atoms with Gasteiger partial charge in [0.05, 0.1) is 30.9 Å². The van der Waals surface area contributed by atoms with E-state index < -0.39 is 0 Å². The van der Waals surface area contributed by atoms with Crippen LogP contribution in [0.4, 0.5) is 0 Å². The average molecular weight is 494 g/mol. The number of halogens is 1. The summed E-state index contributed by atoms with van der Waals surface area (Å²) in [6.45, 7) is 6.35. The summed E-state index contributed by atoms with van der Waals surface area (Å²) >= 11 is 7.98. The monoisotopic (exact) mass is 493 g/mol. The van der Waals surface area contributed by atoms with Gasteiger partial charge in [-0.25, -0.2) is 0 Å². The third kappa shape index (κ3) is 7.57. The number of phenols is 1. The molecule has 0 heterocycles. The van der Waals surface area contributed by atoms with Crippen LogP contribution in [0.3, 0.4) is 0 Å². The maximum absolute atomic E-state index is 11.4. The van der Waals surface area contributed by atoms with Crippen LogP contribution in [0.15, 0.2) is 40.4 Å². The van der Waals surface area contributed by atoms with E-state index in [9.17, 15) is 15.1 Å². The number of oxime groups is 1. The van der Waals surface area contributed by atoms with Gasteiger partial charge in [-0.1, -0.05) is 50.0 Å². The molecule has 0 aliphatic heterocycles. The Kier molecular flexibility index (Phi) is 10.9. The van der Waals surface area contributed by atoms with Crippen molar-refractivity contribution in [3.05, 3.63) is 52.0 Å². The van der Waals surface area contributed by atoms with Crippen molar-refractivity contribution >= 4 is 35.0 Å². The SMILES string of the molecule is CCCc1c(OCCCSc2ccc(CC(=O)OC)cc2Cl)ccc(/C(=N/O)C(C)C)c1O. The zero-order valence-corrected chi connectivity index (χ0v) is 21.1. The molecule has 180 valence electrons. The van der Waals surface area contributed by atoms with E-state index in [0.29, 0.717) is 35.1 Å². The third-order valence-electron chi connectivity index (χ3n) is 5.05. The van der Waals surface area contributed by atoms with E-state index in [0.717, 1.165) is 34.6 Å². The number of benzene rings is 2. The van der Waals surface area contributed by atoms with E-state index in [1.54, 1.807) is 23.9 Å². The molecule has 0 unspecified atom stereocenters. The van der Waals surface area contributed by atoms with Crippen LogP contribution in [0, 0.1) is 5.92 Å². The van der Waals surface area contributed by atoms with Crippen molar-refractivity contribution in [1.29, 1.82) is 0 Å². The summed E-state index contributed by atoms with van der Waals surface area (Å²) < 4.78 is 10.7. The molecule has 33 heavy (non-hydrogen) atoms. The summed E-state index contributed by atoms with van der Waals surface area (Å²) in [5.41, 5.74) is 2.53. The van der Waals surface area contributed by atoms with E-state index >= 15 is 0 Å². The second kappa shape index (κ2) is 13.4. The molecule has 0 saturated heterocycles. The van der Waals surface area contributed by atoms with Gasteiger partial charge in [0.2, 0.25) is 0 Å². The molecule has 0 aromatic heterocycles. The molecule has 2 rings (SSSR count). The van der Waals surface area contributed by atoms with Crippen molar-refractivity contribution in [2.45, 2.75) is 51.3 Å². The van der Waals surface area contributed by atoms with Crippen LogP contribution in [0.5, 0.6) is 11.5 Å². The largest absolute Gasteiger partial charge is 0.507 e. The number of ether oxygens (including phenoxy) is 2. The van der Waals surface area contributed by atoms with Gasteiger partial charge in [-0.15, -0.1) is 11.8 Å². The molecule has 2 aromatic carbocycles. The van der Waals surface area contributed by atoms with Crippen molar-refractivity contribution < 1.29 is 24.6 Å². The molecule has 2 aromatic rings. The predicted molar refractivity (Wildman–Crippen MR) is 133 cm³/mol. The lowest BCUT2D eigenvalue weighted by Gasteiger charge is -2.17. The second-order valence-electron chi connectivity index (χ2n) is 7.90. The van der Waals surface area contributed by atoms with E-state index in [-0.39, 0.29) is 24.1 Å². The fraction of sp³-hybridized carbons (Fsp3) is 0.440. The number of phenolic OH excluding ortho intramolecular Hbond substituents is 1. The molecule has 0 amide bonds. The number of nitrogens with zero attached hydrogens (tertiary/aromatic N) is 1. The minimum absolute atomic E-state index is 0.0273. The Morgan fingerprint density at radius 3 is 2.61 bits per heavy atom. The van der Waals surface area contributed by atoms with Gasteiger partial charge in [-0.2, -0.15) is 0 Å². The molecule has 0 radical (unpaired) electrons. The van der Waals surface area contributed by atoms with Crippen LogP contribution in [-0.4, -0.2) is 41.5 Å². The first-order valence-electron chi connectivity index (χ1n) is 11.0. The first-order chi connectivity index (χ1) is 15.8. The number of hydrogen-bond acceptors (Lipinski definition) is 7. The first kappa shape index (κ1) is 26.9. The maximum atomic E-state index is 11.4. The highest BCUT2D eigenvalue weighted by molar-refractivity contribution is 7.99. The number of esters is 1. The van der Waals surface area contributed by atoms with Crippen LogP contribution in [0.2, 0.25) is 5.02 Å². The van der Waals surface area contributed by atoms with Crippen LogP contribution in [0.25, 0.3) is 0 Å². The topological polar surface area (TPSA) is 88.4 Å². The quantitative estimate of drug-likeness (QED) is 0.0925. The number of methoxy groups -OCH3 is 1. The first-order valence-corrected chi connectivity index (χ1v) is 12.4. The lowest BCUT2D eigenvalue weighted by Crippen LogP contribution is -2.11. The van der Waals surface area contributed by atoms with E-state index in [1.165, 1.54) is 7.11 Å². The van der Waals surface area contributed by atoms with Crippen molar-refractivity contribution in [3.63, 3.8) is 0 Å². The summed E-state index contributed by atoms with van der Waals surface area (Å²) in [6.07, 6.45) is 2.49. The van der Waals surface area contributed by atoms with Crippen molar-refractivity contribution in [2.24, 2.45) is 11.1 Å². The van der Waals surface area contributed by atoms with Gasteiger partial charge in [0.25, 0.3) is 0 Å². The van der Waals surface area contributed by atoms with Gasteiger partial charge in [-0.3, -0.25) is 4.79 Å². The van der Waals surface area contributed by atoms with E-state index in [4.69, 9.17) is 16.3 Å². The smallest absolute Gasteiger partial charge is 0.309 e. The highest BCUT2D eigenvalue weighted by Crippen LogP contribution is 2.34. The molecule has 0 aliphatic carbocycles. The Morgan fingerprint density at radius 1 is 1.24 bits per heavy atom. The summed E-state index contributed by atoms with van der Waals surface area (Å²) in [5, 5.41) is 24.1. The molecule has 8 heteroatoms. The van der Waals surface area contributed by atoms with Crippen molar-refractivity contribution in [3.8, 4) is 11.5 Å². The molecule has 0 aliphatic rings. The molecule has 0 atom stereocenters. The number of carbonyl (C=O) groups excluding carboxylic acids is 1. The van der Waals surface area contributed by atoms with Crippen LogP contribution >= 0.6 is 23.4 Å². The third-order valence-corrected chi connectivity index (χ3v) is 6.63. The highest BCUT2D eigenvalue weighted by atomic mass is 35.5. The van der Waals surface area contributed by atoms with Crippen LogP contribution < -0.4 is 4.74 Å². The highest BCUT2D eigenvalue weighted by Gasteiger charge is 2.19. The normalized spacial score (nSPS) is 11.6. The minimum atomic E-state index is -0.297. The second-order valence-corrected chi connectivity index (χ2v) is 9.44. The fourth-order valence-electron chi connectivity index (χ4n) is 3.37. The Balaban J connectivity index is 1.96. The standard InChI is InChI=1S/C25H32ClNO5S/c1-5-7-18-21(10-9-19(25(18)29)24(27-30)16(2)3)32-12-6-13-33-22-11-8-17(14-20(22)26)15-23(28)31-4/h8-11,14,16,29-30H,5-7,12-13,15H2,1-4H3/b27-24+. The molecule has 0 saturated carbocycles. The number of aromatic hydroxyl groups is 1. The zero-order chi connectivity index (χ0) is 24.4. The van der Waals surface area contributed by atoms with E-state index in [1.807, 2.05) is 39.0 Å². The Morgan fingerprint density at radius 2 is 2.00 bits per heavy atom. The molecule has 0 spiro atoms. The van der Waals surface area contributed by atoms with Gasteiger partial charge < -0.3 is 19.8 Å². The Hall–Kier alpha value is -2.38. The lowest BCUT2D eigenvalue weighted by atomic mass is 9.95. The number of rotatable bonds is 12. The van der Waals surface area contributed by atoms with Gasteiger partial charge in [0.15, 0.2) is 0 Å². The Bertz CT molecular complexity index is 978. The number of carbonyl (C=O) groups is 1. The molecule has 6 nitrogen and oxygen atoms in total. The molecular formula is C25H32ClNO5S. The number of hydrogen-bond donors (Lipinski definition) is 2. The lowest BCUT2D eigenvalue weighted by molar-refractivity contribution is -0.139. The van der Waals surface area contributed by atoms with Crippen LogP contribution in [-0.2, 0) is 22.4 Å². The zero-order valence-electron chi connectivity index (χ0n) is 19.6. The Labute approximate surface area is 204 Å². The number of thioether (sulfide) groups is 1. The minimum Gasteiger partial charge on any atom is -0.507 e. The summed E-state index contributed by atoms with van der Waals surface area (Å²) in [6, 6.07) is 9.15. The summed E-state index contributed by atoms with van der Waals surface area (Å²) in [7, 11) is 1.36. The predicted octanol–water partition coefficient (Wildman–Crippen LogP) is 6.11. The molecule has 0 bridgehead atoms. The van der Waals surface area contributed by atoms with Gasteiger partial charge >= 0.3 is 5.97 Å². The van der Waals surface area contributed by atoms with Gasteiger partial charge in [-0.05, 0) is 48.6 Å². The molecule has 2 N–H and O–H groups in total. The van der Waals surface area contributed by atoms with Crippen molar-refractivity contribution in [1.82, 2.24) is 0 Å². The van der Waals surface area contributed by atoms with Gasteiger partial charge in [0.1, 0.15) is 11.5 Å².